The molecule has 0 radical (unpaired) electrons. The molecule has 7 heteroatoms. The fourth-order valence-corrected chi connectivity index (χ4v) is 3.42. The average Bonchev–Trinajstić information content (AvgIpc) is 3.28. The molecule has 136 valence electrons. The second-order valence-corrected chi connectivity index (χ2v) is 6.77. The first kappa shape index (κ1) is 16.0. The number of hydrogen-bond donors (Lipinski definition) is 2. The van der Waals surface area contributed by atoms with Crippen molar-refractivity contribution in [1.82, 2.24) is 20.2 Å². The number of nitrogens with one attached hydrogen (secondary N) is 2. The molecule has 1 aliphatic rings. The van der Waals surface area contributed by atoms with Crippen molar-refractivity contribution in [1.29, 1.82) is 0 Å². The SMILES string of the molecule is C[C@H]1C[C@H](Oc2nccc3cc(Nc4n[nH]c5cccnc45)ccc23)CO1. The number of ether oxygens (including phenoxy) is 2. The van der Waals surface area contributed by atoms with Crippen LogP contribution < -0.4 is 10.1 Å². The molecule has 0 saturated carbocycles. The Bertz CT molecular complexity index is 1110. The van der Waals surface area contributed by atoms with Crippen LogP contribution in [0.25, 0.3) is 21.8 Å². The Kier molecular flexibility index (Phi) is 3.86. The molecule has 0 aliphatic carbocycles. The lowest BCUT2D eigenvalue weighted by Crippen LogP contribution is -2.17. The maximum Gasteiger partial charge on any atom is 0.221 e. The predicted molar refractivity (Wildman–Crippen MR) is 103 cm³/mol. The second kappa shape index (κ2) is 6.51. The Morgan fingerprint density at radius 3 is 3.04 bits per heavy atom. The fraction of sp³-hybridized carbons (Fsp3) is 0.250. The number of fused-ring (bicyclic) bond motifs is 2. The summed E-state index contributed by atoms with van der Waals surface area (Å²) in [4.78, 5) is 8.80. The van der Waals surface area contributed by atoms with Crippen molar-refractivity contribution in [2.45, 2.75) is 25.6 Å². The Balaban J connectivity index is 1.44. The summed E-state index contributed by atoms with van der Waals surface area (Å²) in [6, 6.07) is 11.9. The molecule has 4 heterocycles. The van der Waals surface area contributed by atoms with Gasteiger partial charge in [0.2, 0.25) is 5.88 Å². The highest BCUT2D eigenvalue weighted by molar-refractivity contribution is 5.92. The van der Waals surface area contributed by atoms with Crippen molar-refractivity contribution in [2.24, 2.45) is 0 Å². The number of rotatable bonds is 4. The van der Waals surface area contributed by atoms with E-state index in [9.17, 15) is 0 Å². The highest BCUT2D eigenvalue weighted by Gasteiger charge is 2.24. The van der Waals surface area contributed by atoms with Crippen LogP contribution in [0.15, 0.2) is 48.8 Å². The van der Waals surface area contributed by atoms with Gasteiger partial charge in [0.25, 0.3) is 0 Å². The van der Waals surface area contributed by atoms with Crippen molar-refractivity contribution in [2.75, 3.05) is 11.9 Å². The molecular weight excluding hydrogens is 342 g/mol. The molecule has 1 saturated heterocycles. The van der Waals surface area contributed by atoms with Gasteiger partial charge in [-0.25, -0.2) is 4.98 Å². The molecule has 1 aliphatic heterocycles. The van der Waals surface area contributed by atoms with Crippen LogP contribution in [0.5, 0.6) is 5.88 Å². The average molecular weight is 361 g/mol. The molecule has 2 atom stereocenters. The Hall–Kier alpha value is -3.19. The maximum atomic E-state index is 6.08. The van der Waals surface area contributed by atoms with E-state index < -0.39 is 0 Å². The van der Waals surface area contributed by atoms with E-state index in [0.717, 1.165) is 33.9 Å². The zero-order chi connectivity index (χ0) is 18.2. The third-order valence-electron chi connectivity index (χ3n) is 4.75. The Morgan fingerprint density at radius 2 is 2.15 bits per heavy atom. The van der Waals surface area contributed by atoms with Crippen LogP contribution in [-0.2, 0) is 4.74 Å². The summed E-state index contributed by atoms with van der Waals surface area (Å²) in [5, 5.41) is 12.7. The monoisotopic (exact) mass is 361 g/mol. The molecule has 0 bridgehead atoms. The third-order valence-corrected chi connectivity index (χ3v) is 4.75. The molecule has 27 heavy (non-hydrogen) atoms. The van der Waals surface area contributed by atoms with Crippen LogP contribution in [0.4, 0.5) is 11.5 Å². The van der Waals surface area contributed by atoms with Gasteiger partial charge in [-0.05, 0) is 48.7 Å². The Morgan fingerprint density at radius 1 is 1.19 bits per heavy atom. The first-order valence-electron chi connectivity index (χ1n) is 8.99. The number of anilines is 2. The highest BCUT2D eigenvalue weighted by atomic mass is 16.6. The normalized spacial score (nSPS) is 19.6. The Labute approximate surface area is 155 Å². The van der Waals surface area contributed by atoms with Gasteiger partial charge in [0.1, 0.15) is 11.6 Å². The summed E-state index contributed by atoms with van der Waals surface area (Å²) in [6.07, 6.45) is 4.70. The van der Waals surface area contributed by atoms with Gasteiger partial charge in [-0.1, -0.05) is 0 Å². The molecule has 5 rings (SSSR count). The summed E-state index contributed by atoms with van der Waals surface area (Å²) in [7, 11) is 0. The van der Waals surface area contributed by atoms with Crippen molar-refractivity contribution >= 4 is 33.3 Å². The van der Waals surface area contributed by atoms with E-state index in [1.807, 2.05) is 30.3 Å². The van der Waals surface area contributed by atoms with Crippen molar-refractivity contribution < 1.29 is 9.47 Å². The summed E-state index contributed by atoms with van der Waals surface area (Å²) in [6.45, 7) is 2.67. The minimum absolute atomic E-state index is 0.0531. The number of pyridine rings is 2. The molecule has 0 spiro atoms. The molecule has 2 N–H and O–H groups in total. The number of H-pyrrole nitrogens is 1. The number of hydrogen-bond acceptors (Lipinski definition) is 6. The molecule has 0 unspecified atom stereocenters. The lowest BCUT2D eigenvalue weighted by molar-refractivity contribution is 0.103. The predicted octanol–water partition coefficient (Wildman–Crippen LogP) is 3.81. The first-order valence-corrected chi connectivity index (χ1v) is 8.99. The van der Waals surface area contributed by atoms with E-state index in [1.165, 1.54) is 0 Å². The maximum absolute atomic E-state index is 6.08. The minimum atomic E-state index is 0.0531. The van der Waals surface area contributed by atoms with Crippen molar-refractivity contribution in [3.8, 4) is 5.88 Å². The van der Waals surface area contributed by atoms with Crippen LogP contribution in [0.1, 0.15) is 13.3 Å². The van der Waals surface area contributed by atoms with Gasteiger partial charge in [0.05, 0.1) is 18.2 Å². The van der Waals surface area contributed by atoms with Gasteiger partial charge in [0.15, 0.2) is 5.82 Å². The standard InChI is InChI=1S/C20H19N5O2/c1-12-9-15(11-26-12)27-20-16-5-4-14(10-13(16)6-8-22-20)23-19-18-17(24-25-19)3-2-7-21-18/h2-8,10,12,15H,9,11H2,1H3,(H2,23,24,25)/t12-,15-/m0/s1. The number of nitrogens with zero attached hydrogens (tertiary/aromatic N) is 3. The van der Waals surface area contributed by atoms with Gasteiger partial charge in [-0.3, -0.25) is 10.1 Å². The zero-order valence-corrected chi connectivity index (χ0v) is 14.8. The smallest absolute Gasteiger partial charge is 0.221 e. The lowest BCUT2D eigenvalue weighted by atomic mass is 10.1. The van der Waals surface area contributed by atoms with Gasteiger partial charge < -0.3 is 14.8 Å². The first-order chi connectivity index (χ1) is 13.3. The quantitative estimate of drug-likeness (QED) is 0.575. The van der Waals surface area contributed by atoms with Gasteiger partial charge in [-0.2, -0.15) is 5.10 Å². The largest absolute Gasteiger partial charge is 0.471 e. The highest BCUT2D eigenvalue weighted by Crippen LogP contribution is 2.30. The van der Waals surface area contributed by atoms with E-state index in [0.29, 0.717) is 18.3 Å². The number of aromatic amines is 1. The van der Waals surface area contributed by atoms with Crippen LogP contribution in [-0.4, -0.2) is 39.0 Å². The van der Waals surface area contributed by atoms with Crippen molar-refractivity contribution in [3.05, 3.63) is 48.8 Å². The molecule has 1 aromatic carbocycles. The third kappa shape index (κ3) is 3.06. The zero-order valence-electron chi connectivity index (χ0n) is 14.8. The van der Waals surface area contributed by atoms with Crippen LogP contribution in [0, 0.1) is 0 Å². The molecule has 4 aromatic rings. The van der Waals surface area contributed by atoms with Gasteiger partial charge in [-0.15, -0.1) is 0 Å². The van der Waals surface area contributed by atoms with Gasteiger partial charge in [0, 0.05) is 29.9 Å². The molecule has 1 fully saturated rings. The minimum Gasteiger partial charge on any atom is -0.471 e. The second-order valence-electron chi connectivity index (χ2n) is 6.77. The van der Waals surface area contributed by atoms with E-state index in [2.05, 4.69) is 38.5 Å². The fourth-order valence-electron chi connectivity index (χ4n) is 3.42. The van der Waals surface area contributed by atoms with Gasteiger partial charge >= 0.3 is 0 Å². The topological polar surface area (TPSA) is 85.0 Å². The number of aromatic nitrogens is 4. The lowest BCUT2D eigenvalue weighted by Gasteiger charge is -2.13. The number of benzene rings is 1. The van der Waals surface area contributed by atoms with E-state index in [1.54, 1.807) is 12.4 Å². The van der Waals surface area contributed by atoms with E-state index in [-0.39, 0.29) is 12.2 Å². The van der Waals surface area contributed by atoms with Crippen molar-refractivity contribution in [3.63, 3.8) is 0 Å². The molecular formula is C20H19N5O2. The van der Waals surface area contributed by atoms with Crippen LogP contribution >= 0.6 is 0 Å². The summed E-state index contributed by atoms with van der Waals surface area (Å²) < 4.78 is 11.7. The summed E-state index contributed by atoms with van der Waals surface area (Å²) in [5.41, 5.74) is 2.64. The molecule has 7 nitrogen and oxygen atoms in total. The van der Waals surface area contributed by atoms with E-state index >= 15 is 0 Å². The molecule has 0 amide bonds. The summed E-state index contributed by atoms with van der Waals surface area (Å²) >= 11 is 0. The van der Waals surface area contributed by atoms with E-state index in [4.69, 9.17) is 9.47 Å². The molecule has 3 aromatic heterocycles. The van der Waals surface area contributed by atoms with Crippen LogP contribution in [0.3, 0.4) is 0 Å². The summed E-state index contributed by atoms with van der Waals surface area (Å²) in [5.74, 6) is 1.35. The van der Waals surface area contributed by atoms with Crippen LogP contribution in [0.2, 0.25) is 0 Å².